The fraction of sp³-hybridized carbons (Fsp3) is 0.238. The van der Waals surface area contributed by atoms with Crippen LogP contribution in [0.25, 0.3) is 11.0 Å². The molecule has 1 amide bonds. The van der Waals surface area contributed by atoms with Crippen molar-refractivity contribution in [2.45, 2.75) is 31.7 Å². The first-order valence-corrected chi connectivity index (χ1v) is 10.6. The largest absolute Gasteiger partial charge is 0.496 e. The molecule has 0 radical (unpaired) electrons. The van der Waals surface area contributed by atoms with Crippen molar-refractivity contribution in [2.24, 2.45) is 5.14 Å². The Bertz CT molecular complexity index is 1280. The number of hydrogen-bond acceptors (Lipinski definition) is 6. The zero-order valence-corrected chi connectivity index (χ0v) is 17.6. The molecule has 0 unspecified atom stereocenters. The molecule has 3 rings (SSSR count). The molecule has 8 nitrogen and oxygen atoms in total. The number of carbonyl (C=O) groups is 1. The average Bonchev–Trinajstić information content (AvgIpc) is 2.70. The molecule has 3 aromatic rings. The van der Waals surface area contributed by atoms with Gasteiger partial charge in [0, 0.05) is 17.5 Å². The molecule has 1 heterocycles. The van der Waals surface area contributed by atoms with E-state index in [4.69, 9.17) is 14.3 Å². The fourth-order valence-electron chi connectivity index (χ4n) is 3.22. The monoisotopic (exact) mass is 430 g/mol. The van der Waals surface area contributed by atoms with Crippen molar-refractivity contribution in [3.63, 3.8) is 0 Å². The highest BCUT2D eigenvalue weighted by Crippen LogP contribution is 2.29. The van der Waals surface area contributed by atoms with Crippen LogP contribution < -0.4 is 20.8 Å². The molecular weight excluding hydrogens is 408 g/mol. The molecule has 3 N–H and O–H groups in total. The molecule has 9 heteroatoms. The summed E-state index contributed by atoms with van der Waals surface area (Å²) in [6, 6.07) is 9.45. The molecule has 2 aromatic carbocycles. The van der Waals surface area contributed by atoms with E-state index < -0.39 is 15.6 Å². The minimum atomic E-state index is -3.77. The van der Waals surface area contributed by atoms with Gasteiger partial charge in [-0.2, -0.15) is 0 Å². The first-order chi connectivity index (χ1) is 14.1. The van der Waals surface area contributed by atoms with Crippen molar-refractivity contribution in [1.82, 2.24) is 5.32 Å². The van der Waals surface area contributed by atoms with Gasteiger partial charge in [-0.25, -0.2) is 18.4 Å². The summed E-state index contributed by atoms with van der Waals surface area (Å²) in [6.45, 7) is 3.76. The average molecular weight is 430 g/mol. The highest BCUT2D eigenvalue weighted by Gasteiger charge is 2.17. The number of nitrogens with one attached hydrogen (secondary N) is 1. The second-order valence-electron chi connectivity index (χ2n) is 6.91. The molecule has 158 valence electrons. The third-order valence-electron chi connectivity index (χ3n) is 4.95. The van der Waals surface area contributed by atoms with Gasteiger partial charge in [0.15, 0.2) is 0 Å². The fourth-order valence-corrected chi connectivity index (χ4v) is 3.73. The number of fused-ring (bicyclic) bond motifs is 1. The van der Waals surface area contributed by atoms with Gasteiger partial charge in [-0.3, -0.25) is 4.79 Å². The van der Waals surface area contributed by atoms with E-state index in [1.165, 1.54) is 12.1 Å². The lowest BCUT2D eigenvalue weighted by Gasteiger charge is -2.12. The summed E-state index contributed by atoms with van der Waals surface area (Å²) < 4.78 is 33.3. The van der Waals surface area contributed by atoms with Gasteiger partial charge in [0.1, 0.15) is 11.3 Å². The number of rotatable bonds is 6. The van der Waals surface area contributed by atoms with Gasteiger partial charge in [-0.05, 0) is 49.2 Å². The maximum absolute atomic E-state index is 12.5. The van der Waals surface area contributed by atoms with E-state index in [-0.39, 0.29) is 29.3 Å². The van der Waals surface area contributed by atoms with Gasteiger partial charge in [-0.15, -0.1) is 0 Å². The predicted octanol–water partition coefficient (Wildman–Crippen LogP) is 1.92. The lowest BCUT2D eigenvalue weighted by Crippen LogP contribution is -2.27. The number of nitrogens with two attached hydrogens (primary N) is 1. The Balaban J connectivity index is 1.77. The number of primary sulfonamides is 1. The maximum atomic E-state index is 12.5. The summed E-state index contributed by atoms with van der Waals surface area (Å²) in [6.07, 6.45) is -0.134. The lowest BCUT2D eigenvalue weighted by molar-refractivity contribution is -0.120. The van der Waals surface area contributed by atoms with Crippen LogP contribution in [0.15, 0.2) is 50.5 Å². The number of methoxy groups -OCH3 is 1. The first kappa shape index (κ1) is 21.5. The Morgan fingerprint density at radius 3 is 2.37 bits per heavy atom. The predicted molar refractivity (Wildman–Crippen MR) is 112 cm³/mol. The van der Waals surface area contributed by atoms with Crippen LogP contribution in [-0.4, -0.2) is 21.4 Å². The van der Waals surface area contributed by atoms with Crippen LogP contribution in [0.3, 0.4) is 0 Å². The summed E-state index contributed by atoms with van der Waals surface area (Å²) >= 11 is 0. The summed E-state index contributed by atoms with van der Waals surface area (Å²) in [7, 11) is -2.23. The highest BCUT2D eigenvalue weighted by atomic mass is 32.2. The normalized spacial score (nSPS) is 11.5. The van der Waals surface area contributed by atoms with Crippen molar-refractivity contribution < 1.29 is 22.4 Å². The minimum absolute atomic E-state index is 0.00565. The molecule has 0 spiro atoms. The van der Waals surface area contributed by atoms with Gasteiger partial charge in [0.2, 0.25) is 15.9 Å². The molecule has 0 saturated carbocycles. The number of sulfonamides is 1. The van der Waals surface area contributed by atoms with E-state index in [1.54, 1.807) is 45.2 Å². The second-order valence-corrected chi connectivity index (χ2v) is 8.47. The van der Waals surface area contributed by atoms with E-state index in [0.29, 0.717) is 28.0 Å². The van der Waals surface area contributed by atoms with Crippen molar-refractivity contribution >= 4 is 26.9 Å². The van der Waals surface area contributed by atoms with Crippen LogP contribution in [0.2, 0.25) is 0 Å². The lowest BCUT2D eigenvalue weighted by atomic mass is 10.0. The zero-order chi connectivity index (χ0) is 22.1. The third kappa shape index (κ3) is 4.37. The van der Waals surface area contributed by atoms with Gasteiger partial charge in [-0.1, -0.05) is 12.1 Å². The van der Waals surface area contributed by atoms with Gasteiger partial charge in [0.05, 0.1) is 24.0 Å². The topological polar surface area (TPSA) is 129 Å². The van der Waals surface area contributed by atoms with Crippen LogP contribution in [0.1, 0.15) is 22.3 Å². The van der Waals surface area contributed by atoms with Crippen LogP contribution in [0, 0.1) is 13.8 Å². The molecular formula is C21H22N2O6S. The molecule has 0 saturated heterocycles. The molecule has 0 fully saturated rings. The number of amides is 1. The summed E-state index contributed by atoms with van der Waals surface area (Å²) in [5.74, 6) is 0.259. The Kier molecular flexibility index (Phi) is 5.95. The minimum Gasteiger partial charge on any atom is -0.496 e. The van der Waals surface area contributed by atoms with Gasteiger partial charge >= 0.3 is 5.63 Å². The van der Waals surface area contributed by atoms with Crippen LogP contribution in [-0.2, 0) is 27.8 Å². The van der Waals surface area contributed by atoms with E-state index in [2.05, 4.69) is 5.32 Å². The maximum Gasteiger partial charge on any atom is 0.340 e. The molecule has 0 aliphatic heterocycles. The standard InChI is InChI=1S/C21H22N2O6S/c1-12-16-8-9-18(28-3)13(2)20(16)29-21(25)17(12)10-19(24)23-11-14-4-6-15(7-5-14)30(22,26)27/h4-9H,10-11H2,1-3H3,(H,23,24)(H2,22,26,27). The number of ether oxygens (including phenoxy) is 1. The number of hydrogen-bond donors (Lipinski definition) is 2. The highest BCUT2D eigenvalue weighted by molar-refractivity contribution is 7.89. The Morgan fingerprint density at radius 1 is 1.10 bits per heavy atom. The number of carbonyl (C=O) groups excluding carboxylic acids is 1. The van der Waals surface area contributed by atoms with E-state index in [1.807, 2.05) is 0 Å². The number of aryl methyl sites for hydroxylation is 2. The van der Waals surface area contributed by atoms with Gasteiger partial charge < -0.3 is 14.5 Å². The van der Waals surface area contributed by atoms with Crippen molar-refractivity contribution in [2.75, 3.05) is 7.11 Å². The third-order valence-corrected chi connectivity index (χ3v) is 5.88. The Hall–Kier alpha value is -3.17. The molecule has 0 aliphatic rings. The van der Waals surface area contributed by atoms with Crippen LogP contribution >= 0.6 is 0 Å². The SMILES string of the molecule is COc1ccc2c(C)c(CC(=O)NCc3ccc(S(N)(=O)=O)cc3)c(=O)oc2c1C. The summed E-state index contributed by atoms with van der Waals surface area (Å²) in [5, 5.41) is 8.53. The van der Waals surface area contributed by atoms with E-state index >= 15 is 0 Å². The van der Waals surface area contributed by atoms with Crippen molar-refractivity contribution in [3.8, 4) is 5.75 Å². The first-order valence-electron chi connectivity index (χ1n) is 9.10. The molecule has 0 bridgehead atoms. The van der Waals surface area contributed by atoms with Gasteiger partial charge in [0.25, 0.3) is 0 Å². The summed E-state index contributed by atoms with van der Waals surface area (Å²) in [4.78, 5) is 24.9. The number of benzene rings is 2. The summed E-state index contributed by atoms with van der Waals surface area (Å²) in [5.41, 5.74) is 2.25. The quantitative estimate of drug-likeness (QED) is 0.575. The van der Waals surface area contributed by atoms with E-state index in [0.717, 1.165) is 5.39 Å². The van der Waals surface area contributed by atoms with Crippen molar-refractivity contribution in [3.05, 3.63) is 69.1 Å². The molecule has 1 aromatic heterocycles. The van der Waals surface area contributed by atoms with Crippen LogP contribution in [0.5, 0.6) is 5.75 Å². The molecule has 0 aliphatic carbocycles. The second kappa shape index (κ2) is 8.29. The Labute approximate surface area is 173 Å². The van der Waals surface area contributed by atoms with Crippen molar-refractivity contribution in [1.29, 1.82) is 0 Å². The smallest absolute Gasteiger partial charge is 0.340 e. The zero-order valence-electron chi connectivity index (χ0n) is 16.8. The Morgan fingerprint density at radius 2 is 1.77 bits per heavy atom. The molecule has 30 heavy (non-hydrogen) atoms. The van der Waals surface area contributed by atoms with Crippen LogP contribution in [0.4, 0.5) is 0 Å². The molecule has 0 atom stereocenters. The van der Waals surface area contributed by atoms with E-state index in [9.17, 15) is 18.0 Å².